The highest BCUT2D eigenvalue weighted by atomic mass is 35.5. The van der Waals surface area contributed by atoms with Crippen LogP contribution in [-0.2, 0) is 10.0 Å². The minimum absolute atomic E-state index is 0.126. The monoisotopic (exact) mass is 437 g/mol. The highest BCUT2D eigenvalue weighted by molar-refractivity contribution is 7.89. The van der Waals surface area contributed by atoms with E-state index in [2.05, 4.69) is 0 Å². The molecule has 0 radical (unpaired) electrons. The quantitative estimate of drug-likeness (QED) is 0.595. The maximum absolute atomic E-state index is 13.3. The Balaban J connectivity index is 2.36. The number of para-hydroxylation sites is 1. The van der Waals surface area contributed by atoms with Crippen molar-refractivity contribution in [2.75, 3.05) is 20.3 Å². The van der Waals surface area contributed by atoms with Crippen molar-refractivity contribution in [2.24, 2.45) is 5.92 Å². The Morgan fingerprint density at radius 1 is 1.14 bits per heavy atom. The molecule has 2 aromatic carbocycles. The van der Waals surface area contributed by atoms with Crippen LogP contribution in [0.2, 0.25) is 5.02 Å². The minimum atomic E-state index is -3.81. The number of ether oxygens (including phenoxy) is 1. The number of aliphatic hydroxyl groups excluding tert-OH is 1. The van der Waals surface area contributed by atoms with E-state index in [0.717, 1.165) is 5.56 Å². The molecule has 0 amide bonds. The molecule has 2 rings (SSSR count). The van der Waals surface area contributed by atoms with Crippen LogP contribution in [-0.4, -0.2) is 44.1 Å². The molecule has 0 aliphatic heterocycles. The Hall–Kier alpha value is -1.86. The molecule has 7 heteroatoms. The summed E-state index contributed by atoms with van der Waals surface area (Å²) in [5, 5.41) is 10.4. The molecule has 0 spiro atoms. The summed E-state index contributed by atoms with van der Waals surface area (Å²) in [4.78, 5) is 0.148. The third-order valence-corrected chi connectivity index (χ3v) is 6.69. The minimum Gasteiger partial charge on any atom is -0.496 e. The van der Waals surface area contributed by atoms with Crippen LogP contribution in [0, 0.1) is 5.92 Å². The second-order valence-electron chi connectivity index (χ2n) is 7.14. The molecule has 0 aliphatic carbocycles. The van der Waals surface area contributed by atoms with E-state index in [0.29, 0.717) is 17.2 Å². The summed E-state index contributed by atoms with van der Waals surface area (Å²) in [5.41, 5.74) is 0.850. The molecule has 5 nitrogen and oxygen atoms in total. The first-order valence-electron chi connectivity index (χ1n) is 9.47. The van der Waals surface area contributed by atoms with E-state index >= 15 is 0 Å². The number of aliphatic hydroxyl groups is 1. The smallest absolute Gasteiger partial charge is 0.243 e. The predicted octanol–water partition coefficient (Wildman–Crippen LogP) is 4.46. The van der Waals surface area contributed by atoms with Crippen LogP contribution in [0.25, 0.3) is 6.08 Å². The number of sulfonamides is 1. The lowest BCUT2D eigenvalue weighted by Crippen LogP contribution is -2.43. The maximum atomic E-state index is 13.3. The lowest BCUT2D eigenvalue weighted by atomic mass is 10.0. The summed E-state index contributed by atoms with van der Waals surface area (Å²) < 4.78 is 33.3. The molecule has 0 bridgehead atoms. The van der Waals surface area contributed by atoms with Crippen LogP contribution in [0.3, 0.4) is 0 Å². The van der Waals surface area contributed by atoms with E-state index in [1.54, 1.807) is 25.3 Å². The molecule has 158 valence electrons. The molecule has 1 atom stereocenters. The molecule has 0 saturated carbocycles. The number of halogens is 1. The van der Waals surface area contributed by atoms with Crippen LogP contribution < -0.4 is 4.74 Å². The topological polar surface area (TPSA) is 66.8 Å². The summed E-state index contributed by atoms with van der Waals surface area (Å²) in [7, 11) is -2.22. The summed E-state index contributed by atoms with van der Waals surface area (Å²) >= 11 is 5.91. The molecule has 0 aliphatic rings. The third kappa shape index (κ3) is 6.31. The fraction of sp³-hybridized carbons (Fsp3) is 0.364. The number of hydrogen-bond donors (Lipinski definition) is 1. The lowest BCUT2D eigenvalue weighted by molar-refractivity contribution is 0.175. The second-order valence-corrected chi connectivity index (χ2v) is 9.47. The van der Waals surface area contributed by atoms with Crippen LogP contribution in [0.15, 0.2) is 59.5 Å². The zero-order valence-corrected chi connectivity index (χ0v) is 18.5. The fourth-order valence-corrected chi connectivity index (χ4v) is 4.80. The molecule has 2 aromatic rings. The number of nitrogens with zero attached hydrogens (tertiary/aromatic N) is 1. The second kappa shape index (κ2) is 10.8. The van der Waals surface area contributed by atoms with Crippen LogP contribution in [0.5, 0.6) is 5.75 Å². The molecule has 0 aromatic heterocycles. The molecule has 1 N–H and O–H groups in total. The standard InChI is InChI=1S/C22H28ClNO4S/c1-17(2)15-20(16-25)24(29(26,27)21-12-10-19(23)11-13-21)14-6-8-18-7-4-5-9-22(18)28-3/h4-13,17,20,25H,14-16H2,1-3H3/b8-6+/t20-/m1/s1. The van der Waals surface area contributed by atoms with Crippen molar-refractivity contribution < 1.29 is 18.3 Å². The summed E-state index contributed by atoms with van der Waals surface area (Å²) in [6.07, 6.45) is 4.15. The van der Waals surface area contributed by atoms with Gasteiger partial charge in [0.05, 0.1) is 18.6 Å². The lowest BCUT2D eigenvalue weighted by Gasteiger charge is -2.30. The zero-order valence-electron chi connectivity index (χ0n) is 17.0. The molecule has 0 saturated heterocycles. The Labute approximate surface area is 178 Å². The van der Waals surface area contributed by atoms with Gasteiger partial charge in [-0.2, -0.15) is 4.31 Å². The molecule has 29 heavy (non-hydrogen) atoms. The molecular formula is C22H28ClNO4S. The van der Waals surface area contributed by atoms with Crippen molar-refractivity contribution in [1.29, 1.82) is 0 Å². The summed E-state index contributed by atoms with van der Waals surface area (Å²) in [5.74, 6) is 0.935. The van der Waals surface area contributed by atoms with Crippen LogP contribution in [0.1, 0.15) is 25.8 Å². The van der Waals surface area contributed by atoms with Gasteiger partial charge in [-0.1, -0.05) is 55.8 Å². The Kier molecular flexibility index (Phi) is 8.71. The van der Waals surface area contributed by atoms with Gasteiger partial charge in [0, 0.05) is 23.2 Å². The average Bonchev–Trinajstić information content (AvgIpc) is 2.70. The van der Waals surface area contributed by atoms with Gasteiger partial charge in [-0.05, 0) is 42.7 Å². The van der Waals surface area contributed by atoms with Crippen molar-refractivity contribution >= 4 is 27.7 Å². The summed E-state index contributed by atoms with van der Waals surface area (Å²) in [6, 6.07) is 13.0. The predicted molar refractivity (Wildman–Crippen MR) is 118 cm³/mol. The van der Waals surface area contributed by atoms with Crippen molar-refractivity contribution in [3.63, 3.8) is 0 Å². The van der Waals surface area contributed by atoms with Crippen molar-refractivity contribution in [1.82, 2.24) is 4.31 Å². The first-order valence-corrected chi connectivity index (χ1v) is 11.3. The van der Waals surface area contributed by atoms with E-state index in [1.807, 2.05) is 44.2 Å². The maximum Gasteiger partial charge on any atom is 0.243 e. The molecular weight excluding hydrogens is 410 g/mol. The molecule has 0 fully saturated rings. The van der Waals surface area contributed by atoms with Crippen LogP contribution >= 0.6 is 11.6 Å². The van der Waals surface area contributed by atoms with Gasteiger partial charge in [-0.3, -0.25) is 0 Å². The summed E-state index contributed by atoms with van der Waals surface area (Å²) in [6.45, 7) is 3.87. The molecule has 0 heterocycles. The van der Waals surface area contributed by atoms with Gasteiger partial charge in [-0.15, -0.1) is 0 Å². The van der Waals surface area contributed by atoms with Gasteiger partial charge in [0.1, 0.15) is 5.75 Å². The van der Waals surface area contributed by atoms with Crippen LogP contribution in [0.4, 0.5) is 0 Å². The average molecular weight is 438 g/mol. The first kappa shape index (κ1) is 23.4. The number of rotatable bonds is 10. The van der Waals surface area contributed by atoms with E-state index < -0.39 is 16.1 Å². The van der Waals surface area contributed by atoms with Gasteiger partial charge in [0.25, 0.3) is 0 Å². The highest BCUT2D eigenvalue weighted by Gasteiger charge is 2.30. The fourth-order valence-electron chi connectivity index (χ4n) is 3.10. The van der Waals surface area contributed by atoms with E-state index in [4.69, 9.17) is 16.3 Å². The van der Waals surface area contributed by atoms with Gasteiger partial charge in [0.2, 0.25) is 10.0 Å². The number of methoxy groups -OCH3 is 1. The largest absolute Gasteiger partial charge is 0.496 e. The SMILES string of the molecule is COc1ccccc1/C=C/CN([C@@H](CO)CC(C)C)S(=O)(=O)c1ccc(Cl)cc1. The first-order chi connectivity index (χ1) is 13.8. The Morgan fingerprint density at radius 3 is 2.38 bits per heavy atom. The van der Waals surface area contributed by atoms with Crippen molar-refractivity contribution in [3.8, 4) is 5.75 Å². The highest BCUT2D eigenvalue weighted by Crippen LogP contribution is 2.24. The number of hydrogen-bond acceptors (Lipinski definition) is 4. The van der Waals surface area contributed by atoms with E-state index in [1.165, 1.54) is 16.4 Å². The van der Waals surface area contributed by atoms with Gasteiger partial charge >= 0.3 is 0 Å². The molecule has 0 unspecified atom stereocenters. The van der Waals surface area contributed by atoms with Crippen molar-refractivity contribution in [2.45, 2.75) is 31.2 Å². The van der Waals surface area contributed by atoms with Gasteiger partial charge < -0.3 is 9.84 Å². The Bertz CT molecular complexity index is 911. The van der Waals surface area contributed by atoms with Gasteiger partial charge in [0.15, 0.2) is 0 Å². The Morgan fingerprint density at radius 2 is 1.79 bits per heavy atom. The normalized spacial score (nSPS) is 13.3. The van der Waals surface area contributed by atoms with Gasteiger partial charge in [-0.25, -0.2) is 8.42 Å². The van der Waals surface area contributed by atoms with E-state index in [-0.39, 0.29) is 24.0 Å². The van der Waals surface area contributed by atoms with E-state index in [9.17, 15) is 13.5 Å². The number of benzene rings is 2. The van der Waals surface area contributed by atoms with Crippen molar-refractivity contribution in [3.05, 3.63) is 65.2 Å². The third-order valence-electron chi connectivity index (χ3n) is 4.50. The zero-order chi connectivity index (χ0) is 21.4.